The molecular formula is C31H37F3N2O3. The van der Waals surface area contributed by atoms with Gasteiger partial charge < -0.3 is 14.9 Å². The number of piperidine rings is 1. The lowest BCUT2D eigenvalue weighted by Crippen LogP contribution is -2.78. The van der Waals surface area contributed by atoms with Crippen LogP contribution in [0.25, 0.3) is 0 Å². The highest BCUT2D eigenvalue weighted by atomic mass is 19.4. The molecule has 2 aliphatic heterocycles. The van der Waals surface area contributed by atoms with Crippen LogP contribution in [-0.2, 0) is 24.4 Å². The summed E-state index contributed by atoms with van der Waals surface area (Å²) < 4.78 is 45.4. The van der Waals surface area contributed by atoms with Crippen molar-refractivity contribution in [3.05, 3.63) is 58.7 Å². The number of rotatable bonds is 7. The molecule has 2 heterocycles. The third-order valence-electron chi connectivity index (χ3n) is 10.6. The van der Waals surface area contributed by atoms with E-state index in [0.29, 0.717) is 18.6 Å². The standard InChI is InChI=1S/C31H37F3N2O3/c1-35(15-2-3-19-6-9-22(10-7-19)31(32,33)34)23-12-13-30(38)25-17-21-8-11-24(37)27-26(21)29(30,28(23)39-27)14-16-36(25)18-20-4-5-20/h6-11,20,23,25,28,37-38H,2-5,12-18H2,1H3/t23-,25-,28+,29+,30-/m1/s1. The van der Waals surface area contributed by atoms with E-state index < -0.39 is 22.8 Å². The van der Waals surface area contributed by atoms with Gasteiger partial charge >= 0.3 is 6.18 Å². The highest BCUT2D eigenvalue weighted by Crippen LogP contribution is 2.66. The Morgan fingerprint density at radius 3 is 2.56 bits per heavy atom. The van der Waals surface area contributed by atoms with Gasteiger partial charge in [-0.15, -0.1) is 0 Å². The van der Waals surface area contributed by atoms with E-state index in [4.69, 9.17) is 4.74 Å². The van der Waals surface area contributed by atoms with Crippen molar-refractivity contribution >= 4 is 0 Å². The molecule has 0 aromatic heterocycles. The van der Waals surface area contributed by atoms with Crippen molar-refractivity contribution in [3.8, 4) is 11.5 Å². The minimum atomic E-state index is -4.32. The fraction of sp³-hybridized carbons (Fsp3) is 0.613. The molecule has 2 N–H and O–H groups in total. The fourth-order valence-corrected chi connectivity index (χ4v) is 8.47. The van der Waals surface area contributed by atoms with Gasteiger partial charge in [-0.1, -0.05) is 18.2 Å². The van der Waals surface area contributed by atoms with E-state index in [-0.39, 0.29) is 23.9 Å². The molecule has 5 atom stereocenters. The predicted octanol–water partition coefficient (Wildman–Crippen LogP) is 4.91. The molecule has 8 heteroatoms. The van der Waals surface area contributed by atoms with E-state index >= 15 is 0 Å². The number of aliphatic hydroxyl groups is 1. The van der Waals surface area contributed by atoms with Crippen molar-refractivity contribution in [1.29, 1.82) is 0 Å². The van der Waals surface area contributed by atoms with E-state index in [1.54, 1.807) is 18.2 Å². The molecule has 0 radical (unpaired) electrons. The van der Waals surface area contributed by atoms with Crippen LogP contribution in [0.15, 0.2) is 36.4 Å². The monoisotopic (exact) mass is 542 g/mol. The normalized spacial score (nSPS) is 33.2. The molecule has 2 bridgehead atoms. The molecular weight excluding hydrogens is 505 g/mol. The lowest BCUT2D eigenvalue weighted by molar-refractivity contribution is -0.199. The second-order valence-corrected chi connectivity index (χ2v) is 12.7. The number of likely N-dealkylation sites (tertiary alicyclic amines) is 1. The van der Waals surface area contributed by atoms with Crippen molar-refractivity contribution in [2.45, 2.75) is 86.7 Å². The van der Waals surface area contributed by atoms with Crippen LogP contribution in [0.2, 0.25) is 0 Å². The molecule has 2 aromatic rings. The summed E-state index contributed by atoms with van der Waals surface area (Å²) in [6, 6.07) is 9.37. The van der Waals surface area contributed by atoms with Gasteiger partial charge in [-0.3, -0.25) is 9.80 Å². The third kappa shape index (κ3) is 3.85. The van der Waals surface area contributed by atoms with Gasteiger partial charge in [-0.2, -0.15) is 13.2 Å². The topological polar surface area (TPSA) is 56.2 Å². The molecule has 7 rings (SSSR count). The summed E-state index contributed by atoms with van der Waals surface area (Å²) in [5.74, 6) is 1.47. The van der Waals surface area contributed by atoms with Crippen LogP contribution < -0.4 is 4.74 Å². The number of likely N-dealkylation sites (N-methyl/N-ethyl adjacent to an activating group) is 1. The number of aromatic hydroxyl groups is 1. The highest BCUT2D eigenvalue weighted by Gasteiger charge is 2.73. The van der Waals surface area contributed by atoms with Crippen molar-refractivity contribution in [3.63, 3.8) is 0 Å². The molecule has 0 amide bonds. The number of aryl methyl sites for hydroxylation is 1. The fourth-order valence-electron chi connectivity index (χ4n) is 8.47. The molecule has 3 aliphatic carbocycles. The predicted molar refractivity (Wildman–Crippen MR) is 141 cm³/mol. The Bertz CT molecular complexity index is 1260. The van der Waals surface area contributed by atoms with Crippen molar-refractivity contribution in [2.24, 2.45) is 5.92 Å². The van der Waals surface area contributed by atoms with Crippen LogP contribution in [0.3, 0.4) is 0 Å². The smallest absolute Gasteiger partial charge is 0.416 e. The Morgan fingerprint density at radius 2 is 1.85 bits per heavy atom. The molecule has 1 saturated heterocycles. The first kappa shape index (κ1) is 25.7. The average molecular weight is 543 g/mol. The lowest BCUT2D eigenvalue weighted by Gasteiger charge is -2.64. The zero-order valence-corrected chi connectivity index (χ0v) is 22.4. The maximum absolute atomic E-state index is 12.9. The van der Waals surface area contributed by atoms with Crippen LogP contribution in [0.5, 0.6) is 11.5 Å². The van der Waals surface area contributed by atoms with Crippen molar-refractivity contribution in [1.82, 2.24) is 9.80 Å². The van der Waals surface area contributed by atoms with E-state index in [0.717, 1.165) is 74.5 Å². The number of hydrogen-bond donors (Lipinski definition) is 2. The molecule has 210 valence electrons. The summed E-state index contributed by atoms with van der Waals surface area (Å²) in [4.78, 5) is 4.85. The number of nitrogens with zero attached hydrogens (tertiary/aromatic N) is 2. The highest BCUT2D eigenvalue weighted by molar-refractivity contribution is 5.62. The van der Waals surface area contributed by atoms with E-state index in [1.165, 1.54) is 18.4 Å². The molecule has 0 unspecified atom stereocenters. The Balaban J connectivity index is 1.13. The molecule has 1 spiro atoms. The molecule has 2 saturated carbocycles. The Kier molecular flexibility index (Phi) is 5.83. The molecule has 5 aliphatic rings. The summed E-state index contributed by atoms with van der Waals surface area (Å²) in [5.41, 5.74) is 1.08. The van der Waals surface area contributed by atoms with Gasteiger partial charge in [0.2, 0.25) is 0 Å². The first-order valence-corrected chi connectivity index (χ1v) is 14.5. The van der Waals surface area contributed by atoms with Crippen molar-refractivity contribution in [2.75, 3.05) is 26.7 Å². The Hall–Kier alpha value is -2.29. The molecule has 3 fully saturated rings. The number of halogens is 3. The van der Waals surface area contributed by atoms with Gasteiger partial charge in [0.05, 0.1) is 16.6 Å². The maximum Gasteiger partial charge on any atom is 0.416 e. The SMILES string of the molecule is CN(CCCc1ccc(C(F)(F)F)cc1)[C@@H]1CC[C@@]2(O)[C@H]3Cc4ccc(O)c5c4[C@@]2(CCN3CC2CC2)[C@H]1O5. The number of hydrogen-bond acceptors (Lipinski definition) is 5. The Morgan fingerprint density at radius 1 is 1.08 bits per heavy atom. The number of phenols is 1. The average Bonchev–Trinajstić information content (AvgIpc) is 3.64. The second kappa shape index (κ2) is 8.85. The van der Waals surface area contributed by atoms with Crippen LogP contribution >= 0.6 is 0 Å². The van der Waals surface area contributed by atoms with Crippen LogP contribution in [-0.4, -0.2) is 70.5 Å². The van der Waals surface area contributed by atoms with Gasteiger partial charge in [-0.25, -0.2) is 0 Å². The van der Waals surface area contributed by atoms with Crippen molar-refractivity contribution < 1.29 is 28.1 Å². The summed E-state index contributed by atoms with van der Waals surface area (Å²) in [6.45, 7) is 2.76. The molecule has 5 nitrogen and oxygen atoms in total. The minimum Gasteiger partial charge on any atom is -0.504 e. The number of alkyl halides is 3. The van der Waals surface area contributed by atoms with Crippen LogP contribution in [0, 0.1) is 5.92 Å². The summed E-state index contributed by atoms with van der Waals surface area (Å²) in [5, 5.41) is 23.4. The summed E-state index contributed by atoms with van der Waals surface area (Å²) in [7, 11) is 2.09. The van der Waals surface area contributed by atoms with E-state index in [9.17, 15) is 23.4 Å². The van der Waals surface area contributed by atoms with Gasteiger partial charge in [0.25, 0.3) is 0 Å². The quantitative estimate of drug-likeness (QED) is 0.521. The maximum atomic E-state index is 12.9. The lowest BCUT2D eigenvalue weighted by atomic mass is 9.48. The Labute approximate surface area is 227 Å². The largest absolute Gasteiger partial charge is 0.504 e. The van der Waals surface area contributed by atoms with Crippen LogP contribution in [0.4, 0.5) is 13.2 Å². The summed E-state index contributed by atoms with van der Waals surface area (Å²) in [6.07, 6.45) is 2.61. The van der Waals surface area contributed by atoms with Crippen LogP contribution in [0.1, 0.15) is 60.8 Å². The second-order valence-electron chi connectivity index (χ2n) is 12.7. The molecule has 2 aromatic carbocycles. The number of ether oxygens (including phenoxy) is 1. The van der Waals surface area contributed by atoms with Gasteiger partial charge in [0.1, 0.15) is 6.10 Å². The van der Waals surface area contributed by atoms with Gasteiger partial charge in [0, 0.05) is 24.2 Å². The summed E-state index contributed by atoms with van der Waals surface area (Å²) >= 11 is 0. The third-order valence-corrected chi connectivity index (χ3v) is 10.6. The van der Waals surface area contributed by atoms with E-state index in [1.807, 2.05) is 6.07 Å². The number of phenolic OH excluding ortho intramolecular Hbond substituents is 1. The minimum absolute atomic E-state index is 0.0619. The first-order chi connectivity index (χ1) is 18.6. The van der Waals surface area contributed by atoms with E-state index in [2.05, 4.69) is 16.8 Å². The van der Waals surface area contributed by atoms with Gasteiger partial charge in [0.15, 0.2) is 11.5 Å². The number of benzene rings is 2. The first-order valence-electron chi connectivity index (χ1n) is 14.5. The zero-order chi connectivity index (χ0) is 27.2. The zero-order valence-electron chi connectivity index (χ0n) is 22.4. The van der Waals surface area contributed by atoms with Gasteiger partial charge in [-0.05, 0) is 107 Å². The molecule has 39 heavy (non-hydrogen) atoms.